The van der Waals surface area contributed by atoms with Gasteiger partial charge in [-0.15, -0.1) is 0 Å². The minimum absolute atomic E-state index is 0.228. The summed E-state index contributed by atoms with van der Waals surface area (Å²) in [5.74, 6) is 2.38. The second-order valence-electron chi connectivity index (χ2n) is 8.14. The summed E-state index contributed by atoms with van der Waals surface area (Å²) in [6.45, 7) is 4.18. The van der Waals surface area contributed by atoms with Crippen molar-refractivity contribution in [1.82, 2.24) is 0 Å². The molecule has 0 aromatic heterocycles. The molecule has 0 aromatic carbocycles. The maximum atomic E-state index is 12.1. The molecule has 2 nitrogen and oxygen atoms in total. The fourth-order valence-electron chi connectivity index (χ4n) is 6.20. The Hall–Kier alpha value is -1.18. The molecular weight excluding hydrogens is 272 g/mol. The molecule has 0 saturated heterocycles. The first-order valence-corrected chi connectivity index (χ1v) is 8.97. The van der Waals surface area contributed by atoms with Gasteiger partial charge < -0.3 is 0 Å². The van der Waals surface area contributed by atoms with E-state index >= 15 is 0 Å². The molecular formula is C20H26O2. The lowest BCUT2D eigenvalue weighted by Crippen LogP contribution is -2.41. The van der Waals surface area contributed by atoms with Gasteiger partial charge in [-0.1, -0.05) is 12.5 Å². The lowest BCUT2D eigenvalue weighted by atomic mass is 9.55. The molecule has 2 fully saturated rings. The molecule has 0 radical (unpaired) electrons. The molecule has 4 aliphatic carbocycles. The van der Waals surface area contributed by atoms with E-state index in [0.29, 0.717) is 29.8 Å². The predicted molar refractivity (Wildman–Crippen MR) is 86.3 cm³/mol. The van der Waals surface area contributed by atoms with Crippen molar-refractivity contribution in [2.45, 2.75) is 65.2 Å². The van der Waals surface area contributed by atoms with Crippen molar-refractivity contribution >= 4 is 11.6 Å². The van der Waals surface area contributed by atoms with Crippen molar-refractivity contribution in [1.29, 1.82) is 0 Å². The van der Waals surface area contributed by atoms with Crippen molar-refractivity contribution in [3.05, 3.63) is 22.8 Å². The van der Waals surface area contributed by atoms with Crippen LogP contribution in [0.15, 0.2) is 22.8 Å². The van der Waals surface area contributed by atoms with Crippen LogP contribution in [0.25, 0.3) is 0 Å². The van der Waals surface area contributed by atoms with Gasteiger partial charge in [-0.25, -0.2) is 0 Å². The lowest BCUT2D eigenvalue weighted by molar-refractivity contribution is -0.125. The largest absolute Gasteiger partial charge is 0.300 e. The van der Waals surface area contributed by atoms with Crippen molar-refractivity contribution in [2.24, 2.45) is 23.2 Å². The third kappa shape index (κ3) is 1.92. The Morgan fingerprint density at radius 2 is 1.95 bits per heavy atom. The van der Waals surface area contributed by atoms with Crippen LogP contribution < -0.4 is 0 Å². The van der Waals surface area contributed by atoms with Crippen LogP contribution in [0.5, 0.6) is 0 Å². The monoisotopic (exact) mass is 298 g/mol. The molecule has 2 saturated carbocycles. The molecule has 0 heterocycles. The summed E-state index contributed by atoms with van der Waals surface area (Å²) in [6, 6.07) is 0. The molecule has 118 valence electrons. The Bertz CT molecular complexity index is 609. The van der Waals surface area contributed by atoms with E-state index in [1.165, 1.54) is 30.4 Å². The van der Waals surface area contributed by atoms with Gasteiger partial charge in [-0.3, -0.25) is 9.59 Å². The highest BCUT2D eigenvalue weighted by atomic mass is 16.1. The van der Waals surface area contributed by atoms with E-state index in [1.807, 2.05) is 6.08 Å². The summed E-state index contributed by atoms with van der Waals surface area (Å²) in [7, 11) is 0. The van der Waals surface area contributed by atoms with Gasteiger partial charge in [-0.05, 0) is 86.3 Å². The number of rotatable bonds is 1. The van der Waals surface area contributed by atoms with E-state index in [2.05, 4.69) is 6.92 Å². The van der Waals surface area contributed by atoms with Crippen LogP contribution in [0.3, 0.4) is 0 Å². The summed E-state index contributed by atoms with van der Waals surface area (Å²) in [5, 5.41) is 0. The Kier molecular flexibility index (Phi) is 3.22. The van der Waals surface area contributed by atoms with Crippen molar-refractivity contribution in [3.8, 4) is 0 Å². The Balaban J connectivity index is 1.72. The molecule has 4 aliphatic rings. The minimum atomic E-state index is 0.228. The van der Waals surface area contributed by atoms with Gasteiger partial charge in [0.05, 0.1) is 0 Å². The number of carbonyl (C=O) groups is 2. The maximum Gasteiger partial charge on any atom is 0.156 e. The van der Waals surface area contributed by atoms with Crippen molar-refractivity contribution in [2.75, 3.05) is 0 Å². The maximum absolute atomic E-state index is 12.1. The number of ketones is 2. The summed E-state index contributed by atoms with van der Waals surface area (Å²) >= 11 is 0. The summed E-state index contributed by atoms with van der Waals surface area (Å²) in [6.07, 6.45) is 10.5. The summed E-state index contributed by atoms with van der Waals surface area (Å²) in [5.41, 5.74) is 4.76. The van der Waals surface area contributed by atoms with Gasteiger partial charge in [0, 0.05) is 12.3 Å². The molecule has 0 amide bonds. The number of fused-ring (bicyclic) bond motifs is 4. The van der Waals surface area contributed by atoms with E-state index in [4.69, 9.17) is 0 Å². The Morgan fingerprint density at radius 3 is 2.73 bits per heavy atom. The lowest BCUT2D eigenvalue weighted by Gasteiger charge is -2.49. The standard InChI is InChI=1S/C20H26O2/c1-12(21)18-7-8-19-17-5-3-13-11-14(22)4-6-15(13)16(17)9-10-20(18,19)2/h11,17-19H,3-10H2,1-2H3/t17?,18-,19?,20?/m1/s1. The van der Waals surface area contributed by atoms with Crippen LogP contribution >= 0.6 is 0 Å². The third-order valence-electron chi connectivity index (χ3n) is 7.22. The average Bonchev–Trinajstić information content (AvgIpc) is 2.84. The predicted octanol–water partition coefficient (Wildman–Crippen LogP) is 4.40. The molecule has 0 aromatic rings. The molecule has 3 unspecified atom stereocenters. The number of Topliss-reactive ketones (excluding diaryl/α,β-unsaturated/α-hetero) is 1. The zero-order valence-corrected chi connectivity index (χ0v) is 13.8. The van der Waals surface area contributed by atoms with Crippen LogP contribution in [0.1, 0.15) is 65.2 Å². The van der Waals surface area contributed by atoms with E-state index < -0.39 is 0 Å². The molecule has 0 spiro atoms. The van der Waals surface area contributed by atoms with E-state index in [0.717, 1.165) is 25.7 Å². The van der Waals surface area contributed by atoms with E-state index in [-0.39, 0.29) is 11.3 Å². The van der Waals surface area contributed by atoms with Gasteiger partial charge in [0.25, 0.3) is 0 Å². The first-order valence-electron chi connectivity index (χ1n) is 8.97. The first kappa shape index (κ1) is 14.4. The molecule has 0 N–H and O–H groups in total. The van der Waals surface area contributed by atoms with Gasteiger partial charge >= 0.3 is 0 Å². The zero-order chi connectivity index (χ0) is 15.5. The van der Waals surface area contributed by atoms with Gasteiger partial charge in [0.15, 0.2) is 5.78 Å². The smallest absolute Gasteiger partial charge is 0.156 e. The fraction of sp³-hybridized carbons (Fsp3) is 0.700. The second-order valence-corrected chi connectivity index (χ2v) is 8.14. The van der Waals surface area contributed by atoms with Crippen LogP contribution in [0.2, 0.25) is 0 Å². The Morgan fingerprint density at radius 1 is 1.14 bits per heavy atom. The molecule has 4 rings (SSSR count). The van der Waals surface area contributed by atoms with Crippen LogP contribution in [0, 0.1) is 23.2 Å². The van der Waals surface area contributed by atoms with Crippen LogP contribution in [0.4, 0.5) is 0 Å². The Labute approximate surface area is 133 Å². The first-order chi connectivity index (χ1) is 10.5. The van der Waals surface area contributed by atoms with Crippen molar-refractivity contribution < 1.29 is 9.59 Å². The number of hydrogen-bond acceptors (Lipinski definition) is 2. The number of allylic oxidation sites excluding steroid dienone is 4. The molecule has 2 heteroatoms. The second kappa shape index (κ2) is 4.91. The van der Waals surface area contributed by atoms with E-state index in [1.54, 1.807) is 12.5 Å². The fourth-order valence-corrected chi connectivity index (χ4v) is 6.20. The SMILES string of the molecule is CC(=O)[C@H]1CCC2C3CCC4=CC(=O)CCC4=C3CCC21C. The highest BCUT2D eigenvalue weighted by Gasteiger charge is 2.54. The number of carbonyl (C=O) groups excluding carboxylic acids is 2. The summed E-state index contributed by atoms with van der Waals surface area (Å²) < 4.78 is 0. The third-order valence-corrected chi connectivity index (χ3v) is 7.22. The quantitative estimate of drug-likeness (QED) is 0.719. The highest BCUT2D eigenvalue weighted by Crippen LogP contribution is 2.62. The minimum Gasteiger partial charge on any atom is -0.300 e. The van der Waals surface area contributed by atoms with Gasteiger partial charge in [-0.2, -0.15) is 0 Å². The van der Waals surface area contributed by atoms with Gasteiger partial charge in [0.1, 0.15) is 5.78 Å². The molecule has 0 aliphatic heterocycles. The number of hydrogen-bond donors (Lipinski definition) is 0. The highest BCUT2D eigenvalue weighted by molar-refractivity contribution is 5.93. The molecule has 4 atom stereocenters. The van der Waals surface area contributed by atoms with Crippen molar-refractivity contribution in [3.63, 3.8) is 0 Å². The topological polar surface area (TPSA) is 34.1 Å². The van der Waals surface area contributed by atoms with Gasteiger partial charge in [0.2, 0.25) is 0 Å². The molecule has 0 bridgehead atoms. The normalized spacial score (nSPS) is 40.7. The average molecular weight is 298 g/mol. The molecule has 22 heavy (non-hydrogen) atoms. The van der Waals surface area contributed by atoms with E-state index in [9.17, 15) is 9.59 Å². The zero-order valence-electron chi connectivity index (χ0n) is 13.8. The summed E-state index contributed by atoms with van der Waals surface area (Å²) in [4.78, 5) is 23.8. The van der Waals surface area contributed by atoms with Crippen LogP contribution in [-0.2, 0) is 9.59 Å². The van der Waals surface area contributed by atoms with Crippen LogP contribution in [-0.4, -0.2) is 11.6 Å².